The fourth-order valence-corrected chi connectivity index (χ4v) is 1.82. The van der Waals surface area contributed by atoms with Crippen molar-refractivity contribution in [1.82, 2.24) is 9.97 Å². The molecule has 1 aromatic carbocycles. The number of benzene rings is 1. The number of aromatic nitrogens is 2. The van der Waals surface area contributed by atoms with E-state index in [4.69, 9.17) is 23.2 Å². The monoisotopic (exact) mass is 254 g/mol. The van der Waals surface area contributed by atoms with E-state index < -0.39 is 0 Å². The fourth-order valence-electron chi connectivity index (χ4n) is 1.34. The van der Waals surface area contributed by atoms with Crippen LogP contribution in [0.1, 0.15) is 16.1 Å². The van der Waals surface area contributed by atoms with Gasteiger partial charge in [0, 0.05) is 16.5 Å². The minimum atomic E-state index is -0.0540. The normalized spacial score (nSPS) is 10.4. The lowest BCUT2D eigenvalue weighted by atomic mass is 10.1. The summed E-state index contributed by atoms with van der Waals surface area (Å²) in [4.78, 5) is 18.3. The highest BCUT2D eigenvalue weighted by molar-refractivity contribution is 6.35. The van der Waals surface area contributed by atoms with Gasteiger partial charge in [-0.25, -0.2) is 4.98 Å². The Balaban J connectivity index is 2.18. The van der Waals surface area contributed by atoms with Crippen LogP contribution in [0.2, 0.25) is 10.0 Å². The molecule has 0 spiro atoms. The quantitative estimate of drug-likeness (QED) is 0.856. The third-order valence-electron chi connectivity index (χ3n) is 2.16. The van der Waals surface area contributed by atoms with Gasteiger partial charge in [-0.3, -0.25) is 4.79 Å². The van der Waals surface area contributed by atoms with Crippen molar-refractivity contribution in [3.8, 4) is 0 Å². The number of hydrogen-bond acceptors (Lipinski definition) is 2. The van der Waals surface area contributed by atoms with Crippen LogP contribution in [0.15, 0.2) is 30.7 Å². The number of halogens is 2. The maximum absolute atomic E-state index is 11.7. The number of nitrogens with zero attached hydrogens (tertiary/aromatic N) is 1. The summed E-state index contributed by atoms with van der Waals surface area (Å²) in [7, 11) is 0. The summed E-state index contributed by atoms with van der Waals surface area (Å²) in [6, 6.07) is 5.08. The number of H-pyrrole nitrogens is 1. The fraction of sp³-hybridized carbons (Fsp3) is 0.0909. The van der Waals surface area contributed by atoms with Gasteiger partial charge < -0.3 is 4.98 Å². The van der Waals surface area contributed by atoms with Crippen molar-refractivity contribution >= 4 is 29.0 Å². The molecule has 1 heterocycles. The molecule has 5 heteroatoms. The second-order valence-corrected chi connectivity index (χ2v) is 4.14. The summed E-state index contributed by atoms with van der Waals surface area (Å²) < 4.78 is 0. The molecule has 0 saturated heterocycles. The lowest BCUT2D eigenvalue weighted by Gasteiger charge is -2.02. The molecule has 0 radical (unpaired) electrons. The maximum atomic E-state index is 11.7. The van der Waals surface area contributed by atoms with E-state index >= 15 is 0 Å². The average molecular weight is 255 g/mol. The minimum Gasteiger partial charge on any atom is -0.342 e. The van der Waals surface area contributed by atoms with Gasteiger partial charge in [0.1, 0.15) is 5.69 Å². The van der Waals surface area contributed by atoms with E-state index in [2.05, 4.69) is 9.97 Å². The summed E-state index contributed by atoms with van der Waals surface area (Å²) >= 11 is 11.7. The number of carbonyl (C=O) groups is 1. The van der Waals surface area contributed by atoms with E-state index in [-0.39, 0.29) is 12.2 Å². The van der Waals surface area contributed by atoms with Crippen molar-refractivity contribution in [2.45, 2.75) is 6.42 Å². The lowest BCUT2D eigenvalue weighted by molar-refractivity contribution is 0.0988. The molecule has 0 aliphatic carbocycles. The highest BCUT2D eigenvalue weighted by atomic mass is 35.5. The number of imidazole rings is 1. The molecule has 0 unspecified atom stereocenters. The van der Waals surface area contributed by atoms with Gasteiger partial charge in [-0.15, -0.1) is 0 Å². The molecule has 0 aliphatic heterocycles. The van der Waals surface area contributed by atoms with Crippen molar-refractivity contribution in [3.63, 3.8) is 0 Å². The standard InChI is InChI=1S/C11H8Cl2N2O/c12-8-2-1-7(9(13)4-8)3-11(16)10-5-14-6-15-10/h1-2,4-6H,3H2,(H,14,15). The van der Waals surface area contributed by atoms with Gasteiger partial charge in [-0.05, 0) is 17.7 Å². The molecule has 0 amide bonds. The Morgan fingerprint density at radius 3 is 2.81 bits per heavy atom. The molecule has 0 aliphatic rings. The van der Waals surface area contributed by atoms with E-state index in [1.165, 1.54) is 12.5 Å². The van der Waals surface area contributed by atoms with Crippen LogP contribution in [-0.4, -0.2) is 15.8 Å². The minimum absolute atomic E-state index is 0.0540. The van der Waals surface area contributed by atoms with Crippen molar-refractivity contribution in [1.29, 1.82) is 0 Å². The first-order valence-corrected chi connectivity index (χ1v) is 5.38. The first-order chi connectivity index (χ1) is 7.66. The van der Waals surface area contributed by atoms with Crippen LogP contribution < -0.4 is 0 Å². The predicted octanol–water partition coefficient (Wildman–Crippen LogP) is 3.14. The predicted molar refractivity (Wildman–Crippen MR) is 63.1 cm³/mol. The number of carbonyl (C=O) groups excluding carboxylic acids is 1. The van der Waals surface area contributed by atoms with Crippen LogP contribution in [0.4, 0.5) is 0 Å². The molecule has 16 heavy (non-hydrogen) atoms. The SMILES string of the molecule is O=C(Cc1ccc(Cl)cc1Cl)c1cnc[nH]1. The van der Waals surface area contributed by atoms with E-state index in [1.807, 2.05) is 0 Å². The highest BCUT2D eigenvalue weighted by Gasteiger charge is 2.10. The van der Waals surface area contributed by atoms with Crippen molar-refractivity contribution in [3.05, 3.63) is 52.0 Å². The molecular formula is C11H8Cl2N2O. The van der Waals surface area contributed by atoms with Crippen LogP contribution in [0.25, 0.3) is 0 Å². The van der Waals surface area contributed by atoms with Gasteiger partial charge in [0.05, 0.1) is 12.5 Å². The second kappa shape index (κ2) is 4.68. The Morgan fingerprint density at radius 2 is 2.19 bits per heavy atom. The zero-order chi connectivity index (χ0) is 11.5. The summed E-state index contributed by atoms with van der Waals surface area (Å²) in [5, 5.41) is 1.06. The number of rotatable bonds is 3. The average Bonchev–Trinajstić information content (AvgIpc) is 2.75. The van der Waals surface area contributed by atoms with Crippen LogP contribution in [-0.2, 0) is 6.42 Å². The molecule has 2 aromatic rings. The largest absolute Gasteiger partial charge is 0.342 e. The zero-order valence-electron chi connectivity index (χ0n) is 8.21. The van der Waals surface area contributed by atoms with Gasteiger partial charge in [0.2, 0.25) is 0 Å². The molecule has 82 valence electrons. The van der Waals surface area contributed by atoms with Crippen molar-refractivity contribution < 1.29 is 4.79 Å². The second-order valence-electron chi connectivity index (χ2n) is 3.30. The maximum Gasteiger partial charge on any atom is 0.185 e. The molecule has 0 atom stereocenters. The summed E-state index contributed by atoms with van der Waals surface area (Å²) in [5.41, 5.74) is 1.23. The Bertz CT molecular complexity index is 509. The molecular weight excluding hydrogens is 247 g/mol. The molecule has 0 bridgehead atoms. The van der Waals surface area contributed by atoms with Gasteiger partial charge in [-0.1, -0.05) is 29.3 Å². The number of Topliss-reactive ketones (excluding diaryl/α,β-unsaturated/α-hetero) is 1. The molecule has 1 aromatic heterocycles. The first-order valence-electron chi connectivity index (χ1n) is 4.62. The number of aromatic amines is 1. The van der Waals surface area contributed by atoms with Gasteiger partial charge in [-0.2, -0.15) is 0 Å². The number of nitrogens with one attached hydrogen (secondary N) is 1. The van der Waals surface area contributed by atoms with Crippen LogP contribution in [0.5, 0.6) is 0 Å². The van der Waals surface area contributed by atoms with E-state index in [0.29, 0.717) is 15.7 Å². The van der Waals surface area contributed by atoms with E-state index in [9.17, 15) is 4.79 Å². The lowest BCUT2D eigenvalue weighted by Crippen LogP contribution is -2.04. The topological polar surface area (TPSA) is 45.8 Å². The Kier molecular flexibility index (Phi) is 3.27. The van der Waals surface area contributed by atoms with Crippen LogP contribution >= 0.6 is 23.2 Å². The zero-order valence-corrected chi connectivity index (χ0v) is 9.72. The molecule has 2 rings (SSSR count). The van der Waals surface area contributed by atoms with Crippen molar-refractivity contribution in [2.24, 2.45) is 0 Å². The summed E-state index contributed by atoms with van der Waals surface area (Å²) in [6.45, 7) is 0. The highest BCUT2D eigenvalue weighted by Crippen LogP contribution is 2.22. The smallest absolute Gasteiger partial charge is 0.185 e. The van der Waals surface area contributed by atoms with Crippen molar-refractivity contribution in [2.75, 3.05) is 0 Å². The van der Waals surface area contributed by atoms with Gasteiger partial charge in [0.25, 0.3) is 0 Å². The third kappa shape index (κ3) is 2.43. The van der Waals surface area contributed by atoms with Gasteiger partial charge in [0.15, 0.2) is 5.78 Å². The van der Waals surface area contributed by atoms with E-state index in [1.54, 1.807) is 18.2 Å². The molecule has 3 nitrogen and oxygen atoms in total. The third-order valence-corrected chi connectivity index (χ3v) is 2.75. The Hall–Kier alpha value is -1.32. The summed E-state index contributed by atoms with van der Waals surface area (Å²) in [6.07, 6.45) is 3.20. The first kappa shape index (κ1) is 11.2. The van der Waals surface area contributed by atoms with Gasteiger partial charge >= 0.3 is 0 Å². The van der Waals surface area contributed by atoms with Crippen LogP contribution in [0.3, 0.4) is 0 Å². The van der Waals surface area contributed by atoms with Crippen LogP contribution in [0, 0.1) is 0 Å². The molecule has 1 N–H and O–H groups in total. The number of hydrogen-bond donors (Lipinski definition) is 1. The summed E-state index contributed by atoms with van der Waals surface area (Å²) in [5.74, 6) is -0.0540. The Labute approximate surface area is 102 Å². The number of ketones is 1. The van der Waals surface area contributed by atoms with E-state index in [0.717, 1.165) is 5.56 Å². The Morgan fingerprint density at radius 1 is 1.38 bits per heavy atom. The molecule has 0 fully saturated rings. The molecule has 0 saturated carbocycles.